The van der Waals surface area contributed by atoms with Gasteiger partial charge in [0.25, 0.3) is 0 Å². The number of hydrogen-bond acceptors (Lipinski definition) is 6. The Kier molecular flexibility index (Phi) is 9.43. The molecule has 2 aromatic carbocycles. The van der Waals surface area contributed by atoms with E-state index < -0.39 is 0 Å². The van der Waals surface area contributed by atoms with E-state index in [0.29, 0.717) is 31.1 Å². The zero-order valence-corrected chi connectivity index (χ0v) is 23.6. The number of aromatic hydroxyl groups is 1. The molecule has 0 radical (unpaired) electrons. The average molecular weight is 509 g/mol. The fourth-order valence-corrected chi connectivity index (χ4v) is 4.37. The Bertz CT molecular complexity index is 1130. The maximum Gasteiger partial charge on any atom is 0.226 e. The molecule has 0 saturated heterocycles. The second-order valence-corrected chi connectivity index (χ2v) is 11.7. The normalized spacial score (nSPS) is 12.2. The van der Waals surface area contributed by atoms with Crippen molar-refractivity contribution in [3.63, 3.8) is 0 Å². The van der Waals surface area contributed by atoms with Crippen molar-refractivity contribution in [3.8, 4) is 23.0 Å². The van der Waals surface area contributed by atoms with Gasteiger partial charge in [-0.05, 0) is 66.1 Å². The number of nitrogens with zero attached hydrogens (tertiary/aromatic N) is 1. The predicted octanol–water partition coefficient (Wildman–Crippen LogP) is 5.95. The number of aromatic nitrogens is 1. The number of phenolic OH excluding ortho intramolecular Hbond substituents is 1. The third-order valence-electron chi connectivity index (χ3n) is 6.49. The van der Waals surface area contributed by atoms with E-state index in [2.05, 4.69) is 59.8 Å². The van der Waals surface area contributed by atoms with Crippen LogP contribution in [0.2, 0.25) is 0 Å². The molecule has 6 heteroatoms. The lowest BCUT2D eigenvalue weighted by atomic mass is 9.78. The van der Waals surface area contributed by atoms with Crippen LogP contribution in [0.25, 0.3) is 11.5 Å². The summed E-state index contributed by atoms with van der Waals surface area (Å²) < 4.78 is 12.0. The SMILES string of the molecule is CCNCCc1cc(CCO)ccc1OCCc1coc(-c2cc(C(C)(C)C)c(O)c(C(C)(C)C)c2)n1. The molecule has 37 heavy (non-hydrogen) atoms. The molecule has 0 bridgehead atoms. The van der Waals surface area contributed by atoms with Crippen LogP contribution >= 0.6 is 0 Å². The molecule has 3 aromatic rings. The van der Waals surface area contributed by atoms with Crippen LogP contribution in [0.1, 0.15) is 76.4 Å². The summed E-state index contributed by atoms with van der Waals surface area (Å²) in [6, 6.07) is 10.1. The Morgan fingerprint density at radius 1 is 0.946 bits per heavy atom. The Balaban J connectivity index is 1.76. The van der Waals surface area contributed by atoms with Gasteiger partial charge in [-0.25, -0.2) is 4.98 Å². The van der Waals surface area contributed by atoms with Crippen LogP contribution in [0.15, 0.2) is 41.0 Å². The average Bonchev–Trinajstić information content (AvgIpc) is 3.28. The Morgan fingerprint density at radius 2 is 1.62 bits per heavy atom. The summed E-state index contributed by atoms with van der Waals surface area (Å²) in [6.07, 6.45) is 3.81. The molecule has 1 aromatic heterocycles. The van der Waals surface area contributed by atoms with Crippen LogP contribution < -0.4 is 10.1 Å². The summed E-state index contributed by atoms with van der Waals surface area (Å²) in [5, 5.41) is 23.7. The van der Waals surface area contributed by atoms with Gasteiger partial charge >= 0.3 is 0 Å². The van der Waals surface area contributed by atoms with Crippen LogP contribution in [0.5, 0.6) is 11.5 Å². The van der Waals surface area contributed by atoms with Crippen LogP contribution in [0, 0.1) is 0 Å². The molecule has 202 valence electrons. The molecular formula is C31H44N2O4. The smallest absolute Gasteiger partial charge is 0.226 e. The molecule has 3 N–H and O–H groups in total. The second kappa shape index (κ2) is 12.1. The van der Waals surface area contributed by atoms with Crippen molar-refractivity contribution >= 4 is 0 Å². The van der Waals surface area contributed by atoms with Crippen LogP contribution in [-0.4, -0.2) is 41.5 Å². The monoisotopic (exact) mass is 508 g/mol. The van der Waals surface area contributed by atoms with Crippen molar-refractivity contribution in [1.82, 2.24) is 10.3 Å². The van der Waals surface area contributed by atoms with Crippen LogP contribution in [0.4, 0.5) is 0 Å². The molecule has 0 unspecified atom stereocenters. The number of ether oxygens (including phenoxy) is 1. The standard InChI is InChI=1S/C31H44N2O4/c1-8-32-14-11-22-17-21(12-15-34)9-10-27(22)36-16-13-24-20-37-29(33-24)23-18-25(30(2,3)4)28(35)26(19-23)31(5,6)7/h9-10,17-20,32,34-35H,8,11-16H2,1-7H3. The number of aliphatic hydroxyl groups excluding tert-OH is 1. The third-order valence-corrected chi connectivity index (χ3v) is 6.49. The zero-order chi connectivity index (χ0) is 27.2. The van der Waals surface area contributed by atoms with Crippen molar-refractivity contribution in [2.24, 2.45) is 0 Å². The van der Waals surface area contributed by atoms with E-state index in [4.69, 9.17) is 14.1 Å². The van der Waals surface area contributed by atoms with Gasteiger partial charge < -0.3 is 24.7 Å². The highest BCUT2D eigenvalue weighted by atomic mass is 16.5. The summed E-state index contributed by atoms with van der Waals surface area (Å²) in [7, 11) is 0. The number of phenols is 1. The molecule has 3 rings (SSSR count). The van der Waals surface area contributed by atoms with Gasteiger partial charge in [-0.3, -0.25) is 0 Å². The van der Waals surface area contributed by atoms with Crippen molar-refractivity contribution in [1.29, 1.82) is 0 Å². The lowest BCUT2D eigenvalue weighted by Gasteiger charge is -2.27. The van der Waals surface area contributed by atoms with Gasteiger partial charge in [0.15, 0.2) is 0 Å². The van der Waals surface area contributed by atoms with E-state index in [0.717, 1.165) is 58.8 Å². The highest BCUT2D eigenvalue weighted by Gasteiger charge is 2.27. The largest absolute Gasteiger partial charge is 0.507 e. The predicted molar refractivity (Wildman–Crippen MR) is 150 cm³/mol. The molecule has 0 aliphatic rings. The summed E-state index contributed by atoms with van der Waals surface area (Å²) >= 11 is 0. The summed E-state index contributed by atoms with van der Waals surface area (Å²) in [4.78, 5) is 4.74. The first-order chi connectivity index (χ1) is 17.4. The van der Waals surface area contributed by atoms with Gasteiger partial charge in [0, 0.05) is 29.7 Å². The molecule has 0 fully saturated rings. The molecular weight excluding hydrogens is 464 g/mol. The molecule has 0 aliphatic heterocycles. The number of nitrogens with one attached hydrogen (secondary N) is 1. The quantitative estimate of drug-likeness (QED) is 0.277. The topological polar surface area (TPSA) is 87.8 Å². The molecule has 0 atom stereocenters. The minimum absolute atomic E-state index is 0.136. The van der Waals surface area contributed by atoms with E-state index in [1.807, 2.05) is 24.3 Å². The number of benzene rings is 2. The van der Waals surface area contributed by atoms with Crippen molar-refractivity contribution in [3.05, 3.63) is 64.5 Å². The van der Waals surface area contributed by atoms with E-state index in [1.165, 1.54) is 0 Å². The number of likely N-dealkylation sites (N-methyl/N-ethyl adjacent to an activating group) is 1. The first-order valence-corrected chi connectivity index (χ1v) is 13.3. The summed E-state index contributed by atoms with van der Waals surface area (Å²) in [5.74, 6) is 1.76. The van der Waals surface area contributed by atoms with E-state index >= 15 is 0 Å². The zero-order valence-electron chi connectivity index (χ0n) is 23.6. The van der Waals surface area contributed by atoms with Crippen LogP contribution in [-0.2, 0) is 30.1 Å². The van der Waals surface area contributed by atoms with E-state index in [1.54, 1.807) is 6.26 Å². The second-order valence-electron chi connectivity index (χ2n) is 11.7. The fraction of sp³-hybridized carbons (Fsp3) is 0.516. The fourth-order valence-electron chi connectivity index (χ4n) is 4.37. The lowest BCUT2D eigenvalue weighted by molar-refractivity contribution is 0.299. The van der Waals surface area contributed by atoms with E-state index in [-0.39, 0.29) is 17.4 Å². The van der Waals surface area contributed by atoms with Crippen molar-refractivity contribution < 1.29 is 19.4 Å². The summed E-state index contributed by atoms with van der Waals surface area (Å²) in [6.45, 7) is 17.1. The summed E-state index contributed by atoms with van der Waals surface area (Å²) in [5.41, 5.74) is 5.26. The highest BCUT2D eigenvalue weighted by molar-refractivity contribution is 5.63. The maximum absolute atomic E-state index is 11.0. The Hall–Kier alpha value is -2.83. The first-order valence-electron chi connectivity index (χ1n) is 13.3. The molecule has 1 heterocycles. The molecule has 0 saturated carbocycles. The number of oxazole rings is 1. The maximum atomic E-state index is 11.0. The minimum atomic E-state index is -0.222. The molecule has 0 spiro atoms. The minimum Gasteiger partial charge on any atom is -0.507 e. The number of hydrogen-bond donors (Lipinski definition) is 3. The molecule has 0 aliphatic carbocycles. The van der Waals surface area contributed by atoms with Gasteiger partial charge in [0.2, 0.25) is 5.89 Å². The number of aliphatic hydroxyl groups is 1. The Labute approximate surface area is 222 Å². The molecule has 0 amide bonds. The lowest BCUT2D eigenvalue weighted by Crippen LogP contribution is -2.17. The third kappa shape index (κ3) is 7.59. The first kappa shape index (κ1) is 28.7. The highest BCUT2D eigenvalue weighted by Crippen LogP contribution is 2.41. The van der Waals surface area contributed by atoms with Gasteiger partial charge in [-0.15, -0.1) is 0 Å². The van der Waals surface area contributed by atoms with Gasteiger partial charge in [-0.2, -0.15) is 0 Å². The van der Waals surface area contributed by atoms with Crippen LogP contribution in [0.3, 0.4) is 0 Å². The van der Waals surface area contributed by atoms with Gasteiger partial charge in [0.1, 0.15) is 17.8 Å². The van der Waals surface area contributed by atoms with Crippen molar-refractivity contribution in [2.45, 2.75) is 78.6 Å². The van der Waals surface area contributed by atoms with Crippen molar-refractivity contribution in [2.75, 3.05) is 26.3 Å². The van der Waals surface area contributed by atoms with E-state index in [9.17, 15) is 10.2 Å². The Morgan fingerprint density at radius 3 is 2.22 bits per heavy atom. The van der Waals surface area contributed by atoms with Gasteiger partial charge in [0.05, 0.1) is 12.3 Å². The number of rotatable bonds is 11. The van der Waals surface area contributed by atoms with Gasteiger partial charge in [-0.1, -0.05) is 60.6 Å². The molecule has 6 nitrogen and oxygen atoms in total.